The van der Waals surface area contributed by atoms with Gasteiger partial charge in [0, 0.05) is 18.9 Å². The number of imidazole rings is 1. The van der Waals surface area contributed by atoms with Crippen molar-refractivity contribution in [1.29, 1.82) is 0 Å². The number of hydrogen-bond acceptors (Lipinski definition) is 6. The van der Waals surface area contributed by atoms with Crippen molar-refractivity contribution in [3.05, 3.63) is 42.7 Å². The Labute approximate surface area is 166 Å². The summed E-state index contributed by atoms with van der Waals surface area (Å²) in [7, 11) is 0. The molecule has 0 unspecified atom stereocenters. The number of aryl methyl sites for hydroxylation is 1. The van der Waals surface area contributed by atoms with Gasteiger partial charge in [0.2, 0.25) is 11.8 Å². The van der Waals surface area contributed by atoms with Gasteiger partial charge in [-0.2, -0.15) is 5.10 Å². The zero-order valence-corrected chi connectivity index (χ0v) is 15.8. The number of para-hydroxylation sites is 2. The van der Waals surface area contributed by atoms with Gasteiger partial charge in [-0.1, -0.05) is 12.1 Å². The SMILES string of the molecule is O=C(CCn1cnc2ccccc21)N[C@H]1C[C@H](C(=O)NCc2ncn[nH]2)C[C@@H]1O. The first-order valence-corrected chi connectivity index (χ1v) is 9.59. The van der Waals surface area contributed by atoms with Gasteiger partial charge in [-0.25, -0.2) is 9.97 Å². The fraction of sp³-hybridized carbons (Fsp3) is 0.421. The summed E-state index contributed by atoms with van der Waals surface area (Å²) in [4.78, 5) is 32.9. The summed E-state index contributed by atoms with van der Waals surface area (Å²) in [5, 5.41) is 22.3. The second kappa shape index (κ2) is 8.39. The smallest absolute Gasteiger partial charge is 0.223 e. The number of aromatic amines is 1. The Bertz CT molecular complexity index is 985. The number of H-pyrrole nitrogens is 1. The molecule has 1 saturated carbocycles. The molecule has 0 bridgehead atoms. The zero-order chi connectivity index (χ0) is 20.2. The third kappa shape index (κ3) is 4.43. The molecule has 0 aliphatic heterocycles. The summed E-state index contributed by atoms with van der Waals surface area (Å²) in [6.45, 7) is 0.748. The topological polar surface area (TPSA) is 138 Å². The first kappa shape index (κ1) is 19.1. The molecule has 29 heavy (non-hydrogen) atoms. The number of rotatable bonds is 7. The van der Waals surface area contributed by atoms with Crippen LogP contribution in [-0.4, -0.2) is 53.8 Å². The first-order chi connectivity index (χ1) is 14.1. The van der Waals surface area contributed by atoms with Gasteiger partial charge in [0.1, 0.15) is 12.2 Å². The summed E-state index contributed by atoms with van der Waals surface area (Å²) >= 11 is 0. The lowest BCUT2D eigenvalue weighted by molar-refractivity contribution is -0.125. The second-order valence-electron chi connectivity index (χ2n) is 7.24. The van der Waals surface area contributed by atoms with E-state index in [4.69, 9.17) is 0 Å². The average molecular weight is 397 g/mol. The van der Waals surface area contributed by atoms with Gasteiger partial charge in [0.05, 0.1) is 36.1 Å². The highest BCUT2D eigenvalue weighted by atomic mass is 16.3. The molecule has 10 nitrogen and oxygen atoms in total. The third-order valence-electron chi connectivity index (χ3n) is 5.25. The highest BCUT2D eigenvalue weighted by molar-refractivity contribution is 5.80. The molecule has 4 N–H and O–H groups in total. The fourth-order valence-electron chi connectivity index (χ4n) is 3.71. The van der Waals surface area contributed by atoms with Crippen LogP contribution in [0, 0.1) is 5.92 Å². The fourth-order valence-corrected chi connectivity index (χ4v) is 3.71. The Morgan fingerprint density at radius 2 is 2.10 bits per heavy atom. The van der Waals surface area contributed by atoms with E-state index in [9.17, 15) is 14.7 Å². The number of hydrogen-bond donors (Lipinski definition) is 4. The number of amides is 2. The van der Waals surface area contributed by atoms with Crippen LogP contribution in [0.25, 0.3) is 11.0 Å². The van der Waals surface area contributed by atoms with Crippen molar-refractivity contribution in [3.8, 4) is 0 Å². The molecular formula is C19H23N7O3. The van der Waals surface area contributed by atoms with Crippen LogP contribution in [0.2, 0.25) is 0 Å². The largest absolute Gasteiger partial charge is 0.391 e. The number of aliphatic hydroxyl groups excluding tert-OH is 1. The van der Waals surface area contributed by atoms with E-state index in [2.05, 4.69) is 30.8 Å². The minimum Gasteiger partial charge on any atom is -0.391 e. The molecule has 4 rings (SSSR count). The van der Waals surface area contributed by atoms with Crippen LogP contribution in [0.15, 0.2) is 36.9 Å². The normalized spacial score (nSPS) is 21.3. The number of aromatic nitrogens is 5. The van der Waals surface area contributed by atoms with Crippen LogP contribution in [-0.2, 0) is 22.7 Å². The van der Waals surface area contributed by atoms with Gasteiger partial charge < -0.3 is 20.3 Å². The molecule has 3 aromatic rings. The third-order valence-corrected chi connectivity index (χ3v) is 5.25. The first-order valence-electron chi connectivity index (χ1n) is 9.59. The molecule has 1 aliphatic rings. The van der Waals surface area contributed by atoms with E-state index in [0.29, 0.717) is 25.2 Å². The van der Waals surface area contributed by atoms with Crippen LogP contribution in [0.3, 0.4) is 0 Å². The molecule has 2 amide bonds. The van der Waals surface area contributed by atoms with Crippen LogP contribution in [0.5, 0.6) is 0 Å². The Balaban J connectivity index is 1.25. The molecule has 1 fully saturated rings. The summed E-state index contributed by atoms with van der Waals surface area (Å²) in [6.07, 6.45) is 3.35. The second-order valence-corrected chi connectivity index (χ2v) is 7.24. The Morgan fingerprint density at radius 3 is 2.93 bits per heavy atom. The number of benzene rings is 1. The molecule has 0 spiro atoms. The van der Waals surface area contributed by atoms with Crippen LogP contribution < -0.4 is 10.6 Å². The van der Waals surface area contributed by atoms with Crippen molar-refractivity contribution in [3.63, 3.8) is 0 Å². The number of aliphatic hydroxyl groups is 1. The van der Waals surface area contributed by atoms with E-state index in [1.165, 1.54) is 6.33 Å². The highest BCUT2D eigenvalue weighted by Gasteiger charge is 2.37. The molecule has 0 radical (unpaired) electrons. The van der Waals surface area contributed by atoms with Crippen molar-refractivity contribution in [2.75, 3.05) is 0 Å². The Kier molecular flexibility index (Phi) is 5.52. The summed E-state index contributed by atoms with van der Waals surface area (Å²) < 4.78 is 1.93. The average Bonchev–Trinajstić information content (AvgIpc) is 3.45. The molecule has 10 heteroatoms. The molecule has 1 aromatic carbocycles. The van der Waals surface area contributed by atoms with E-state index < -0.39 is 12.1 Å². The lowest BCUT2D eigenvalue weighted by atomic mass is 10.1. The predicted octanol–water partition coefficient (Wildman–Crippen LogP) is 0.117. The number of fused-ring (bicyclic) bond motifs is 1. The van der Waals surface area contributed by atoms with Gasteiger partial charge in [-0.3, -0.25) is 14.7 Å². The standard InChI is InChI=1S/C19H23N7O3/c27-16-8-12(19(29)20-9-17-21-10-23-25-17)7-14(16)24-18(28)5-6-26-11-22-13-3-1-2-4-15(13)26/h1-4,10-12,14,16,27H,5-9H2,(H,20,29)(H,24,28)(H,21,23,25)/t12-,14-,16-/m0/s1. The predicted molar refractivity (Wildman–Crippen MR) is 103 cm³/mol. The summed E-state index contributed by atoms with van der Waals surface area (Å²) in [6, 6.07) is 7.31. The number of nitrogens with zero attached hydrogens (tertiary/aromatic N) is 4. The van der Waals surface area contributed by atoms with E-state index >= 15 is 0 Å². The molecule has 2 aromatic heterocycles. The van der Waals surface area contributed by atoms with Crippen molar-refractivity contribution >= 4 is 22.8 Å². The maximum atomic E-state index is 12.4. The maximum absolute atomic E-state index is 12.4. The van der Waals surface area contributed by atoms with Gasteiger partial charge in [-0.05, 0) is 25.0 Å². The van der Waals surface area contributed by atoms with E-state index in [1.54, 1.807) is 6.33 Å². The van der Waals surface area contributed by atoms with Gasteiger partial charge in [-0.15, -0.1) is 0 Å². The lowest BCUT2D eigenvalue weighted by Crippen LogP contribution is -2.40. The number of carbonyl (C=O) groups excluding carboxylic acids is 2. The van der Waals surface area contributed by atoms with Crippen molar-refractivity contribution in [2.45, 2.75) is 44.5 Å². The highest BCUT2D eigenvalue weighted by Crippen LogP contribution is 2.26. The zero-order valence-electron chi connectivity index (χ0n) is 15.8. The maximum Gasteiger partial charge on any atom is 0.223 e. The molecule has 3 atom stereocenters. The van der Waals surface area contributed by atoms with Crippen molar-refractivity contribution < 1.29 is 14.7 Å². The minimum absolute atomic E-state index is 0.158. The van der Waals surface area contributed by atoms with E-state index in [-0.39, 0.29) is 30.7 Å². The monoisotopic (exact) mass is 397 g/mol. The van der Waals surface area contributed by atoms with Gasteiger partial charge in [0.15, 0.2) is 0 Å². The van der Waals surface area contributed by atoms with Crippen LogP contribution >= 0.6 is 0 Å². The van der Waals surface area contributed by atoms with Crippen LogP contribution in [0.4, 0.5) is 0 Å². The lowest BCUT2D eigenvalue weighted by Gasteiger charge is -2.16. The molecule has 0 saturated heterocycles. The molecular weight excluding hydrogens is 374 g/mol. The Hall–Kier alpha value is -3.27. The van der Waals surface area contributed by atoms with Crippen molar-refractivity contribution in [2.24, 2.45) is 5.92 Å². The minimum atomic E-state index is -0.742. The molecule has 152 valence electrons. The molecule has 2 heterocycles. The summed E-state index contributed by atoms with van der Waals surface area (Å²) in [5.41, 5.74) is 1.86. The Morgan fingerprint density at radius 1 is 1.24 bits per heavy atom. The quantitative estimate of drug-likeness (QED) is 0.447. The van der Waals surface area contributed by atoms with E-state index in [1.807, 2.05) is 28.8 Å². The molecule has 1 aliphatic carbocycles. The van der Waals surface area contributed by atoms with Crippen LogP contribution in [0.1, 0.15) is 25.1 Å². The number of nitrogens with one attached hydrogen (secondary N) is 3. The summed E-state index contributed by atoms with van der Waals surface area (Å²) in [5.74, 6) is -0.110. The van der Waals surface area contributed by atoms with Gasteiger partial charge in [0.25, 0.3) is 0 Å². The number of carbonyl (C=O) groups is 2. The van der Waals surface area contributed by atoms with Gasteiger partial charge >= 0.3 is 0 Å². The van der Waals surface area contributed by atoms with Crippen molar-refractivity contribution in [1.82, 2.24) is 35.4 Å². The van der Waals surface area contributed by atoms with E-state index in [0.717, 1.165) is 11.0 Å².